The maximum atomic E-state index is 14.8. The number of piperidine rings is 1. The largest absolute Gasteiger partial charge is 0.444 e. The number of aryl methyl sites for hydroxylation is 1. The second kappa shape index (κ2) is 12.3. The highest BCUT2D eigenvalue weighted by Crippen LogP contribution is 2.39. The monoisotopic (exact) mass is 591 g/mol. The summed E-state index contributed by atoms with van der Waals surface area (Å²) in [7, 11) is 3.42. The third-order valence-corrected chi connectivity index (χ3v) is 6.59. The first-order chi connectivity index (χ1) is 19.3. The number of nitrogens with zero attached hydrogens (tertiary/aromatic N) is 6. The molecule has 1 aromatic carbocycles. The molecule has 0 radical (unpaired) electrons. The van der Waals surface area contributed by atoms with E-state index in [2.05, 4.69) is 25.3 Å². The van der Waals surface area contributed by atoms with Crippen molar-refractivity contribution in [1.82, 2.24) is 24.8 Å². The van der Waals surface area contributed by atoms with Crippen molar-refractivity contribution in [1.29, 1.82) is 0 Å². The van der Waals surface area contributed by atoms with E-state index in [4.69, 9.17) is 9.47 Å². The molecule has 1 saturated heterocycles. The van der Waals surface area contributed by atoms with E-state index >= 15 is 0 Å². The van der Waals surface area contributed by atoms with Gasteiger partial charge >= 0.3 is 6.09 Å². The Bertz CT molecular complexity index is 1430. The Hall–Kier alpha value is -3.94. The number of hydrogen-bond acceptors (Lipinski definition) is 9. The fraction of sp³-hybridized carbons (Fsp3) is 0.444. The number of aliphatic imine (C=N–C) groups is 1. The van der Waals surface area contributed by atoms with Gasteiger partial charge in [0.25, 0.3) is 0 Å². The molecule has 14 heteroatoms. The van der Waals surface area contributed by atoms with E-state index in [1.165, 1.54) is 28.8 Å². The molecular formula is C27H32F3N7O3S. The number of likely N-dealkylation sites (tertiary alicyclic amines) is 1. The number of aromatic nitrogens is 3. The Morgan fingerprint density at radius 2 is 1.98 bits per heavy atom. The van der Waals surface area contributed by atoms with Crippen LogP contribution >= 0.6 is 11.3 Å². The third kappa shape index (κ3) is 8.06. The number of carbonyl (C=O) groups is 1. The highest BCUT2D eigenvalue weighted by Gasteiger charge is 2.33. The lowest BCUT2D eigenvalue weighted by Gasteiger charge is -2.36. The molecule has 2 aromatic heterocycles. The van der Waals surface area contributed by atoms with Crippen LogP contribution in [0.4, 0.5) is 29.6 Å². The van der Waals surface area contributed by atoms with Crippen LogP contribution in [0, 0.1) is 18.6 Å². The van der Waals surface area contributed by atoms with Gasteiger partial charge in [-0.05, 0) is 33.8 Å². The van der Waals surface area contributed by atoms with E-state index in [9.17, 15) is 18.0 Å². The Kier molecular flexibility index (Phi) is 9.00. The summed E-state index contributed by atoms with van der Waals surface area (Å²) in [5, 5.41) is 3.70. The summed E-state index contributed by atoms with van der Waals surface area (Å²) in [6.07, 6.45) is 1.17. The summed E-state index contributed by atoms with van der Waals surface area (Å²) in [6, 6.07) is 3.01. The minimum absolute atomic E-state index is 0.0394. The van der Waals surface area contributed by atoms with Gasteiger partial charge in [-0.25, -0.2) is 37.9 Å². The van der Waals surface area contributed by atoms with Gasteiger partial charge in [0.1, 0.15) is 22.3 Å². The van der Waals surface area contributed by atoms with E-state index in [0.717, 1.165) is 12.1 Å². The molecule has 41 heavy (non-hydrogen) atoms. The van der Waals surface area contributed by atoms with Crippen molar-refractivity contribution in [3.63, 3.8) is 0 Å². The molecule has 1 aliphatic heterocycles. The van der Waals surface area contributed by atoms with Crippen LogP contribution in [0.15, 0.2) is 29.4 Å². The minimum atomic E-state index is -1.25. The number of halogens is 3. The maximum absolute atomic E-state index is 14.8. The van der Waals surface area contributed by atoms with Gasteiger partial charge in [0.2, 0.25) is 11.8 Å². The molecule has 0 spiro atoms. The minimum Gasteiger partial charge on any atom is -0.444 e. The zero-order valence-corrected chi connectivity index (χ0v) is 24.4. The maximum Gasteiger partial charge on any atom is 0.410 e. The van der Waals surface area contributed by atoms with Crippen LogP contribution in [-0.2, 0) is 4.74 Å². The first-order valence-electron chi connectivity index (χ1n) is 12.8. The van der Waals surface area contributed by atoms with Crippen molar-refractivity contribution in [2.24, 2.45) is 4.99 Å². The van der Waals surface area contributed by atoms with Crippen LogP contribution in [0.5, 0.6) is 11.6 Å². The lowest BCUT2D eigenvalue weighted by Crippen LogP contribution is -2.51. The van der Waals surface area contributed by atoms with Crippen LogP contribution in [0.2, 0.25) is 0 Å². The first kappa shape index (κ1) is 30.0. The quantitative estimate of drug-likeness (QED) is 0.265. The van der Waals surface area contributed by atoms with Gasteiger partial charge in [-0.1, -0.05) is 0 Å². The van der Waals surface area contributed by atoms with Gasteiger partial charge in [-0.3, -0.25) is 0 Å². The molecule has 4 rings (SSSR count). The molecule has 0 unspecified atom stereocenters. The molecular weight excluding hydrogens is 559 g/mol. The number of rotatable bonds is 7. The van der Waals surface area contributed by atoms with Crippen LogP contribution in [0.3, 0.4) is 0 Å². The second-order valence-corrected chi connectivity index (χ2v) is 11.9. The number of alkyl halides is 1. The SMILES string of the molecule is Cc1nc(Oc2cc(F)c(/N=C/N(C)C)cc2F)c(-c2ccnc(N[C@H]3C[C@H](F)CN(C(=O)OC(C)(C)C)C3)n2)s1. The molecule has 3 aromatic rings. The zero-order valence-electron chi connectivity index (χ0n) is 23.6. The average Bonchev–Trinajstić information content (AvgIpc) is 3.24. The zero-order chi connectivity index (χ0) is 29.9. The van der Waals surface area contributed by atoms with Crippen LogP contribution in [0.1, 0.15) is 32.2 Å². The number of thiazole rings is 1. The molecule has 1 aliphatic rings. The Morgan fingerprint density at radius 3 is 2.68 bits per heavy atom. The smallest absolute Gasteiger partial charge is 0.410 e. The van der Waals surface area contributed by atoms with Gasteiger partial charge in [0.15, 0.2) is 17.4 Å². The number of amides is 1. The lowest BCUT2D eigenvalue weighted by molar-refractivity contribution is 0.0124. The fourth-order valence-electron chi connectivity index (χ4n) is 3.97. The van der Waals surface area contributed by atoms with E-state index in [0.29, 0.717) is 15.6 Å². The third-order valence-electron chi connectivity index (χ3n) is 5.61. The van der Waals surface area contributed by atoms with Gasteiger partial charge in [-0.2, -0.15) is 0 Å². The number of carbonyl (C=O) groups excluding carboxylic acids is 1. The number of ether oxygens (including phenoxy) is 2. The fourth-order valence-corrected chi connectivity index (χ4v) is 4.79. The molecule has 0 saturated carbocycles. The summed E-state index contributed by atoms with van der Waals surface area (Å²) < 4.78 is 55.0. The molecule has 220 valence electrons. The highest BCUT2D eigenvalue weighted by molar-refractivity contribution is 7.15. The summed E-state index contributed by atoms with van der Waals surface area (Å²) in [5.41, 5.74) is -0.467. The summed E-state index contributed by atoms with van der Waals surface area (Å²) >= 11 is 1.25. The van der Waals surface area contributed by atoms with Crippen molar-refractivity contribution in [2.75, 3.05) is 32.5 Å². The first-order valence-corrected chi connectivity index (χ1v) is 13.7. The highest BCUT2D eigenvalue weighted by atomic mass is 32.1. The molecule has 1 N–H and O–H groups in total. The Morgan fingerprint density at radius 1 is 1.22 bits per heavy atom. The van der Waals surface area contributed by atoms with Gasteiger partial charge in [0.05, 0.1) is 23.6 Å². The summed E-state index contributed by atoms with van der Waals surface area (Å²) in [4.78, 5) is 32.9. The predicted molar refractivity (Wildman–Crippen MR) is 151 cm³/mol. The number of hydrogen-bond donors (Lipinski definition) is 1. The molecule has 3 heterocycles. The second-order valence-electron chi connectivity index (χ2n) is 10.7. The van der Waals surface area contributed by atoms with Gasteiger partial charge in [-0.15, -0.1) is 11.3 Å². The van der Waals surface area contributed by atoms with Crippen molar-refractivity contribution in [3.8, 4) is 22.2 Å². The van der Waals surface area contributed by atoms with Crippen LogP contribution in [0.25, 0.3) is 10.6 Å². The molecule has 1 fully saturated rings. The Balaban J connectivity index is 1.53. The summed E-state index contributed by atoms with van der Waals surface area (Å²) in [5.74, 6) is -1.70. The number of nitrogens with one attached hydrogen (secondary N) is 1. The molecule has 0 bridgehead atoms. The van der Waals surface area contributed by atoms with Crippen molar-refractivity contribution < 1.29 is 27.4 Å². The van der Waals surface area contributed by atoms with E-state index < -0.39 is 35.5 Å². The van der Waals surface area contributed by atoms with E-state index in [1.807, 2.05) is 0 Å². The molecule has 2 atom stereocenters. The van der Waals surface area contributed by atoms with Crippen LogP contribution in [-0.4, -0.2) is 82.2 Å². The van der Waals surface area contributed by atoms with Crippen molar-refractivity contribution in [2.45, 2.75) is 51.9 Å². The molecule has 10 nitrogen and oxygen atoms in total. The van der Waals surface area contributed by atoms with E-state index in [-0.39, 0.29) is 42.8 Å². The lowest BCUT2D eigenvalue weighted by atomic mass is 10.0. The van der Waals surface area contributed by atoms with Crippen molar-refractivity contribution >= 4 is 35.4 Å². The van der Waals surface area contributed by atoms with Crippen LogP contribution < -0.4 is 10.1 Å². The molecule has 0 aliphatic carbocycles. The molecule has 1 amide bonds. The summed E-state index contributed by atoms with van der Waals surface area (Å²) in [6.45, 7) is 7.13. The van der Waals surface area contributed by atoms with E-state index in [1.54, 1.807) is 52.8 Å². The van der Waals surface area contributed by atoms with Gasteiger partial charge in [0, 0.05) is 51.4 Å². The average molecular weight is 592 g/mol. The topological polar surface area (TPSA) is 105 Å². The van der Waals surface area contributed by atoms with Gasteiger partial charge < -0.3 is 24.6 Å². The normalized spacial score (nSPS) is 17.5. The van der Waals surface area contributed by atoms with Crippen molar-refractivity contribution in [3.05, 3.63) is 41.0 Å². The standard InChI is InChI=1S/C27H32F3N7O3S/c1-15-33-24(39-22-11-18(29)21(10-19(22)30)32-14-36(5)6)23(41-15)20-7-8-31-25(35-20)34-17-9-16(28)12-37(13-17)26(38)40-27(2,3)4/h7-8,10-11,14,16-17H,9,12-13H2,1-6H3,(H,31,34,35)/b32-14+/t16-,17-/m0/s1. The number of benzene rings is 1. The number of anilines is 1. The Labute approximate surface area is 240 Å². The predicted octanol–water partition coefficient (Wildman–Crippen LogP) is 5.96.